The van der Waals surface area contributed by atoms with Crippen LogP contribution in [0.5, 0.6) is 0 Å². The maximum absolute atomic E-state index is 5.28. The lowest BCUT2D eigenvalue weighted by Crippen LogP contribution is -2.62. The molecular weight excluding hydrogens is 657 g/mol. The second kappa shape index (κ2) is 10.7. The summed E-state index contributed by atoms with van der Waals surface area (Å²) in [7, 11) is 0. The van der Waals surface area contributed by atoms with E-state index in [1.807, 2.05) is 18.6 Å². The average Bonchev–Trinajstić information content (AvgIpc) is 3.69. The number of pyridine rings is 2. The SMILES string of the molecule is CC(C)(C)c1ccc2c(c1)c1c3c4c(c5c6cc(C(C)(C)C)ccc6n2c15)N(c1ccccc1)c1cccnc1B4c1ccccc1N3c1cccnc1. The molecule has 0 bridgehead atoms. The Bertz CT molecular complexity index is 2770. The molecule has 5 aromatic carbocycles. The number of anilines is 6. The highest BCUT2D eigenvalue weighted by atomic mass is 15.2. The summed E-state index contributed by atoms with van der Waals surface area (Å²) in [4.78, 5) is 15.0. The standard InChI is InChI=1S/C48H40BN5/c1-47(2,3)29-20-22-36-33(26-29)40-43-41(34-27-30(48(4,5)6)21-23-37(34)54(36)43)45-42-44(40)52(31-14-8-7-9-15-31)39-19-13-25-51-46(39)49(42)35-17-10-11-18-38(35)53(45)32-16-12-24-50-28-32/h7-28H,1-6H3. The zero-order valence-corrected chi connectivity index (χ0v) is 31.5. The van der Waals surface area contributed by atoms with Crippen molar-refractivity contribution in [2.24, 2.45) is 0 Å². The Morgan fingerprint density at radius 3 is 1.76 bits per heavy atom. The number of rotatable bonds is 2. The molecule has 5 nitrogen and oxygen atoms in total. The minimum absolute atomic E-state index is 0.0191. The van der Waals surface area contributed by atoms with Gasteiger partial charge in [-0.3, -0.25) is 9.97 Å². The molecular formula is C48H40BN5. The molecule has 4 aromatic heterocycles. The zero-order valence-electron chi connectivity index (χ0n) is 31.5. The van der Waals surface area contributed by atoms with Gasteiger partial charge in [0, 0.05) is 50.9 Å². The Morgan fingerprint density at radius 1 is 0.556 bits per heavy atom. The molecule has 0 unspecified atom stereocenters. The first-order chi connectivity index (χ1) is 26.1. The molecule has 6 heteroatoms. The largest absolute Gasteiger partial charge is 0.309 e. The van der Waals surface area contributed by atoms with E-state index in [-0.39, 0.29) is 17.5 Å². The van der Waals surface area contributed by atoms with E-state index in [1.54, 1.807) is 0 Å². The highest BCUT2D eigenvalue weighted by Crippen LogP contribution is 2.54. The monoisotopic (exact) mass is 697 g/mol. The first-order valence-electron chi connectivity index (χ1n) is 19.0. The van der Waals surface area contributed by atoms with E-state index in [4.69, 9.17) is 9.97 Å². The molecule has 2 aliphatic heterocycles. The van der Waals surface area contributed by atoms with Crippen LogP contribution in [0.4, 0.5) is 34.1 Å². The van der Waals surface area contributed by atoms with Crippen LogP contribution in [-0.4, -0.2) is 21.1 Å². The highest BCUT2D eigenvalue weighted by Gasteiger charge is 2.47. The summed E-state index contributed by atoms with van der Waals surface area (Å²) in [5, 5.41) is 5.11. The Morgan fingerprint density at radius 2 is 1.13 bits per heavy atom. The topological polar surface area (TPSA) is 36.7 Å². The fraction of sp³-hybridized carbons (Fsp3) is 0.167. The van der Waals surface area contributed by atoms with Gasteiger partial charge in [0.25, 0.3) is 6.71 Å². The van der Waals surface area contributed by atoms with Crippen LogP contribution in [0.25, 0.3) is 38.1 Å². The molecule has 0 amide bonds. The van der Waals surface area contributed by atoms with Gasteiger partial charge in [-0.25, -0.2) is 0 Å². The second-order valence-electron chi connectivity index (χ2n) is 17.1. The normalized spacial score (nSPS) is 14.0. The molecule has 0 fully saturated rings. The summed E-state index contributed by atoms with van der Waals surface area (Å²) in [5.74, 6) is 0. The van der Waals surface area contributed by atoms with Gasteiger partial charge in [-0.1, -0.05) is 90.1 Å². The van der Waals surface area contributed by atoms with Crippen LogP contribution in [0.2, 0.25) is 0 Å². The van der Waals surface area contributed by atoms with E-state index in [0.29, 0.717) is 0 Å². The highest BCUT2D eigenvalue weighted by molar-refractivity contribution is 7.00. The van der Waals surface area contributed by atoms with Crippen molar-refractivity contribution >= 4 is 95.5 Å². The van der Waals surface area contributed by atoms with Crippen molar-refractivity contribution in [2.75, 3.05) is 9.80 Å². The fourth-order valence-electron chi connectivity index (χ4n) is 9.40. The van der Waals surface area contributed by atoms with E-state index < -0.39 is 0 Å². The van der Waals surface area contributed by atoms with Crippen molar-refractivity contribution in [2.45, 2.75) is 52.4 Å². The predicted molar refractivity (Wildman–Crippen MR) is 228 cm³/mol. The van der Waals surface area contributed by atoms with E-state index in [1.165, 1.54) is 71.5 Å². The number of aromatic nitrogens is 3. The lowest BCUT2D eigenvalue weighted by Gasteiger charge is -2.44. The number of nitrogens with zero attached hydrogens (tertiary/aromatic N) is 5. The molecule has 6 heterocycles. The van der Waals surface area contributed by atoms with E-state index in [9.17, 15) is 0 Å². The van der Waals surface area contributed by atoms with Crippen LogP contribution in [0.1, 0.15) is 52.7 Å². The summed E-state index contributed by atoms with van der Waals surface area (Å²) in [5.41, 5.74) is 16.8. The second-order valence-corrected chi connectivity index (χ2v) is 17.1. The number of hydrogen-bond donors (Lipinski definition) is 0. The lowest BCUT2D eigenvalue weighted by atomic mass is 9.34. The smallest absolute Gasteiger partial charge is 0.275 e. The van der Waals surface area contributed by atoms with Crippen LogP contribution >= 0.6 is 0 Å². The van der Waals surface area contributed by atoms with Gasteiger partial charge >= 0.3 is 0 Å². The van der Waals surface area contributed by atoms with Crippen LogP contribution in [-0.2, 0) is 10.8 Å². The summed E-state index contributed by atoms with van der Waals surface area (Å²) < 4.78 is 2.56. The minimum atomic E-state index is -0.0880. The van der Waals surface area contributed by atoms with Crippen molar-refractivity contribution in [1.82, 2.24) is 14.4 Å². The molecule has 2 aliphatic rings. The molecule has 0 N–H and O–H groups in total. The van der Waals surface area contributed by atoms with Gasteiger partial charge in [0.05, 0.1) is 45.5 Å². The molecule has 0 saturated heterocycles. The van der Waals surface area contributed by atoms with Crippen molar-refractivity contribution < 1.29 is 0 Å². The predicted octanol–water partition coefficient (Wildman–Crippen LogP) is 10.3. The van der Waals surface area contributed by atoms with Gasteiger partial charge in [-0.2, -0.15) is 0 Å². The molecule has 0 radical (unpaired) electrons. The van der Waals surface area contributed by atoms with Gasteiger partial charge in [0.15, 0.2) is 0 Å². The molecule has 11 rings (SSSR count). The molecule has 0 aliphatic carbocycles. The third-order valence-electron chi connectivity index (χ3n) is 11.9. The van der Waals surface area contributed by atoms with Crippen molar-refractivity contribution in [1.29, 1.82) is 0 Å². The van der Waals surface area contributed by atoms with Gasteiger partial charge < -0.3 is 14.2 Å². The van der Waals surface area contributed by atoms with Gasteiger partial charge in [0.1, 0.15) is 0 Å². The maximum atomic E-state index is 5.28. The molecule has 9 aromatic rings. The van der Waals surface area contributed by atoms with Crippen LogP contribution < -0.4 is 26.3 Å². The summed E-state index contributed by atoms with van der Waals surface area (Å²) in [6.07, 6.45) is 5.84. The third kappa shape index (κ3) is 4.11. The maximum Gasteiger partial charge on any atom is 0.275 e. The van der Waals surface area contributed by atoms with Gasteiger partial charge in [0.2, 0.25) is 0 Å². The lowest BCUT2D eigenvalue weighted by molar-refractivity contribution is 0.591. The Labute approximate surface area is 315 Å². The third-order valence-corrected chi connectivity index (χ3v) is 11.9. The van der Waals surface area contributed by atoms with Gasteiger partial charge in [-0.05, 0) is 99.6 Å². The molecule has 0 atom stereocenters. The van der Waals surface area contributed by atoms with E-state index in [2.05, 4.69) is 171 Å². The van der Waals surface area contributed by atoms with E-state index in [0.717, 1.165) is 28.3 Å². The first kappa shape index (κ1) is 31.4. The first-order valence-corrected chi connectivity index (χ1v) is 19.0. The average molecular weight is 698 g/mol. The Balaban J connectivity index is 1.46. The van der Waals surface area contributed by atoms with Crippen molar-refractivity contribution in [3.63, 3.8) is 0 Å². The number of hydrogen-bond acceptors (Lipinski definition) is 4. The molecule has 54 heavy (non-hydrogen) atoms. The van der Waals surface area contributed by atoms with E-state index >= 15 is 0 Å². The summed E-state index contributed by atoms with van der Waals surface area (Å²) in [6.45, 7) is 13.8. The summed E-state index contributed by atoms with van der Waals surface area (Å²) >= 11 is 0. The van der Waals surface area contributed by atoms with Crippen LogP contribution in [0.3, 0.4) is 0 Å². The molecule has 0 saturated carbocycles. The molecule has 260 valence electrons. The van der Waals surface area contributed by atoms with Crippen LogP contribution in [0, 0.1) is 0 Å². The minimum Gasteiger partial charge on any atom is -0.309 e. The number of fused-ring (bicyclic) bond motifs is 12. The molecule has 0 spiro atoms. The van der Waals surface area contributed by atoms with Crippen molar-refractivity contribution in [3.05, 3.63) is 145 Å². The quantitative estimate of drug-likeness (QED) is 0.169. The van der Waals surface area contributed by atoms with Gasteiger partial charge in [-0.15, -0.1) is 0 Å². The Hall–Kier alpha value is -6.14. The zero-order chi connectivity index (χ0) is 36.7. The Kier molecular flexibility index (Phi) is 6.24. The van der Waals surface area contributed by atoms with Crippen LogP contribution in [0.15, 0.2) is 134 Å². The van der Waals surface area contributed by atoms with Crippen molar-refractivity contribution in [3.8, 4) is 0 Å². The number of benzene rings is 5. The number of para-hydroxylation sites is 2. The summed E-state index contributed by atoms with van der Waals surface area (Å²) in [6, 6.07) is 42.8. The fourth-order valence-corrected chi connectivity index (χ4v) is 9.40.